The maximum Gasteiger partial charge on any atom is 0.433 e. The molecule has 0 unspecified atom stereocenters. The minimum absolute atomic E-state index is 0.0382. The Bertz CT molecular complexity index is 971. The summed E-state index contributed by atoms with van der Waals surface area (Å²) in [6, 6.07) is 3.55. The molecule has 10 nitrogen and oxygen atoms in total. The van der Waals surface area contributed by atoms with Gasteiger partial charge in [0, 0.05) is 44.7 Å². The van der Waals surface area contributed by atoms with Crippen LogP contribution in [-0.2, 0) is 15.7 Å². The average Bonchev–Trinajstić information content (AvgIpc) is 2.73. The number of amides is 2. The molecule has 0 aromatic carbocycles. The van der Waals surface area contributed by atoms with Crippen molar-refractivity contribution in [2.75, 3.05) is 55.0 Å². The van der Waals surface area contributed by atoms with E-state index in [1.807, 2.05) is 0 Å². The van der Waals surface area contributed by atoms with Gasteiger partial charge in [0.25, 0.3) is 5.91 Å². The summed E-state index contributed by atoms with van der Waals surface area (Å²) in [5, 5.41) is 2.97. The highest BCUT2D eigenvalue weighted by Crippen LogP contribution is 2.30. The van der Waals surface area contributed by atoms with Crippen LogP contribution in [0.2, 0.25) is 0 Å². The van der Waals surface area contributed by atoms with Crippen molar-refractivity contribution in [1.29, 1.82) is 0 Å². The number of carbonyl (C=O) groups is 2. The van der Waals surface area contributed by atoms with Crippen LogP contribution in [0.1, 0.15) is 16.2 Å². The molecule has 0 spiro atoms. The fraction of sp³-hybridized carbons (Fsp3) is 0.389. The number of nitrogens with two attached hydrogens (primary N) is 1. The number of alkyl halides is 3. The molecule has 3 rings (SSSR count). The van der Waals surface area contributed by atoms with Crippen molar-refractivity contribution in [1.82, 2.24) is 15.0 Å². The van der Waals surface area contributed by atoms with Gasteiger partial charge in [0.1, 0.15) is 23.8 Å². The molecule has 31 heavy (non-hydrogen) atoms. The number of piperazine rings is 1. The van der Waals surface area contributed by atoms with Crippen LogP contribution in [0, 0.1) is 0 Å². The highest BCUT2D eigenvalue weighted by atomic mass is 19.4. The second kappa shape index (κ2) is 9.12. The third-order valence-corrected chi connectivity index (χ3v) is 4.43. The summed E-state index contributed by atoms with van der Waals surface area (Å²) in [5.74, 6) is -0.781. The predicted molar refractivity (Wildman–Crippen MR) is 105 cm³/mol. The first-order chi connectivity index (χ1) is 14.7. The zero-order valence-corrected chi connectivity index (χ0v) is 16.5. The normalized spacial score (nSPS) is 14.6. The SMILES string of the molecule is COCCNc1cc(C(N)=O)nc(N2CCN(c3ccnc(C(F)(F)F)c3)C(=O)C2)n1. The van der Waals surface area contributed by atoms with E-state index >= 15 is 0 Å². The fourth-order valence-corrected chi connectivity index (χ4v) is 2.93. The van der Waals surface area contributed by atoms with Gasteiger partial charge >= 0.3 is 6.18 Å². The smallest absolute Gasteiger partial charge is 0.383 e. The molecule has 1 fully saturated rings. The molecule has 0 aliphatic carbocycles. The molecule has 2 amide bonds. The van der Waals surface area contributed by atoms with Gasteiger partial charge in [-0.2, -0.15) is 18.2 Å². The van der Waals surface area contributed by atoms with Crippen molar-refractivity contribution >= 4 is 29.3 Å². The maximum atomic E-state index is 12.9. The summed E-state index contributed by atoms with van der Waals surface area (Å²) in [5.41, 5.74) is 4.32. The Labute approximate surface area is 175 Å². The van der Waals surface area contributed by atoms with E-state index in [0.717, 1.165) is 12.3 Å². The molecule has 2 aromatic rings. The van der Waals surface area contributed by atoms with Gasteiger partial charge in [-0.1, -0.05) is 0 Å². The average molecular weight is 439 g/mol. The monoisotopic (exact) mass is 439 g/mol. The Morgan fingerprint density at radius 1 is 1.29 bits per heavy atom. The Kier molecular flexibility index (Phi) is 6.53. The lowest BCUT2D eigenvalue weighted by molar-refractivity contribution is -0.141. The lowest BCUT2D eigenvalue weighted by Gasteiger charge is -2.34. The van der Waals surface area contributed by atoms with Crippen molar-refractivity contribution in [2.45, 2.75) is 6.18 Å². The number of nitrogens with zero attached hydrogens (tertiary/aromatic N) is 5. The Balaban J connectivity index is 1.79. The number of anilines is 3. The van der Waals surface area contributed by atoms with Gasteiger partial charge in [-0.05, 0) is 12.1 Å². The maximum absolute atomic E-state index is 12.9. The van der Waals surface area contributed by atoms with Crippen LogP contribution in [0.3, 0.4) is 0 Å². The third kappa shape index (κ3) is 5.36. The highest BCUT2D eigenvalue weighted by molar-refractivity contribution is 5.97. The second-order valence-corrected chi connectivity index (χ2v) is 6.59. The van der Waals surface area contributed by atoms with Gasteiger partial charge in [0.15, 0.2) is 0 Å². The molecule has 1 saturated heterocycles. The molecule has 1 aliphatic rings. The van der Waals surface area contributed by atoms with Crippen LogP contribution in [0.4, 0.5) is 30.6 Å². The summed E-state index contributed by atoms with van der Waals surface area (Å²) in [6.45, 7) is 0.949. The second-order valence-electron chi connectivity index (χ2n) is 6.59. The molecule has 2 aromatic heterocycles. The Hall–Kier alpha value is -3.48. The number of halogens is 3. The summed E-state index contributed by atoms with van der Waals surface area (Å²) >= 11 is 0. The third-order valence-electron chi connectivity index (χ3n) is 4.43. The van der Waals surface area contributed by atoms with Gasteiger partial charge in [-0.25, -0.2) is 4.98 Å². The van der Waals surface area contributed by atoms with Crippen LogP contribution in [0.5, 0.6) is 0 Å². The molecule has 0 atom stereocenters. The molecule has 3 N–H and O–H groups in total. The van der Waals surface area contributed by atoms with Crippen molar-refractivity contribution in [3.05, 3.63) is 35.8 Å². The standard InChI is InChI=1S/C18H20F3N7O3/c1-31-7-4-24-14-9-12(16(22)30)25-17(26-14)27-5-6-28(15(29)10-27)11-2-3-23-13(8-11)18(19,20)21/h2-3,8-9H,4-7,10H2,1H3,(H2,22,30)(H,24,25,26). The minimum atomic E-state index is -4.61. The van der Waals surface area contributed by atoms with Gasteiger partial charge in [-0.3, -0.25) is 14.6 Å². The Morgan fingerprint density at radius 3 is 2.71 bits per heavy atom. The summed E-state index contributed by atoms with van der Waals surface area (Å²) < 4.78 is 43.7. The molecule has 3 heterocycles. The number of methoxy groups -OCH3 is 1. The topological polar surface area (TPSA) is 127 Å². The Morgan fingerprint density at radius 2 is 2.06 bits per heavy atom. The molecule has 0 saturated carbocycles. The zero-order chi connectivity index (χ0) is 22.6. The van der Waals surface area contributed by atoms with E-state index in [9.17, 15) is 22.8 Å². The molecule has 13 heteroatoms. The first-order valence-corrected chi connectivity index (χ1v) is 9.19. The number of hydrogen-bond acceptors (Lipinski definition) is 8. The zero-order valence-electron chi connectivity index (χ0n) is 16.5. The number of carbonyl (C=O) groups excluding carboxylic acids is 2. The van der Waals surface area contributed by atoms with Crippen LogP contribution >= 0.6 is 0 Å². The number of rotatable bonds is 7. The van der Waals surface area contributed by atoms with Crippen molar-refractivity contribution in [3.8, 4) is 0 Å². The quantitative estimate of drug-likeness (QED) is 0.610. The van der Waals surface area contributed by atoms with E-state index in [4.69, 9.17) is 10.5 Å². The van der Waals surface area contributed by atoms with Crippen LogP contribution in [0.15, 0.2) is 24.4 Å². The van der Waals surface area contributed by atoms with Crippen molar-refractivity contribution < 1.29 is 27.5 Å². The van der Waals surface area contributed by atoms with E-state index in [2.05, 4.69) is 20.3 Å². The van der Waals surface area contributed by atoms with Crippen molar-refractivity contribution in [3.63, 3.8) is 0 Å². The summed E-state index contributed by atoms with van der Waals surface area (Å²) in [4.78, 5) is 38.8. The highest BCUT2D eigenvalue weighted by Gasteiger charge is 2.34. The van der Waals surface area contributed by atoms with E-state index in [0.29, 0.717) is 19.0 Å². The van der Waals surface area contributed by atoms with Gasteiger partial charge in [0.05, 0.1) is 6.61 Å². The number of primary amides is 1. The van der Waals surface area contributed by atoms with Gasteiger partial charge < -0.3 is 25.6 Å². The van der Waals surface area contributed by atoms with E-state index < -0.39 is 23.7 Å². The largest absolute Gasteiger partial charge is 0.433 e. The van der Waals surface area contributed by atoms with Crippen LogP contribution in [-0.4, -0.2) is 66.7 Å². The molecule has 1 aliphatic heterocycles. The number of pyridine rings is 1. The molecular weight excluding hydrogens is 419 g/mol. The first-order valence-electron chi connectivity index (χ1n) is 9.19. The predicted octanol–water partition coefficient (Wildman–Crippen LogP) is 0.901. The molecule has 0 radical (unpaired) electrons. The lowest BCUT2D eigenvalue weighted by Crippen LogP contribution is -2.51. The minimum Gasteiger partial charge on any atom is -0.383 e. The molecular formula is C18H20F3N7O3. The van der Waals surface area contributed by atoms with Gasteiger partial charge in [0.2, 0.25) is 11.9 Å². The number of nitrogens with one attached hydrogen (secondary N) is 1. The van der Waals surface area contributed by atoms with Crippen LogP contribution in [0.25, 0.3) is 0 Å². The van der Waals surface area contributed by atoms with E-state index in [-0.39, 0.29) is 37.0 Å². The number of ether oxygens (including phenoxy) is 1. The molecule has 166 valence electrons. The lowest BCUT2D eigenvalue weighted by atomic mass is 10.2. The number of hydrogen-bond donors (Lipinski definition) is 2. The number of aromatic nitrogens is 3. The fourth-order valence-electron chi connectivity index (χ4n) is 2.93. The van der Waals surface area contributed by atoms with E-state index in [1.54, 1.807) is 0 Å². The van der Waals surface area contributed by atoms with E-state index in [1.165, 1.54) is 29.0 Å². The summed E-state index contributed by atoms with van der Waals surface area (Å²) in [7, 11) is 1.54. The molecule has 0 bridgehead atoms. The summed E-state index contributed by atoms with van der Waals surface area (Å²) in [6.07, 6.45) is -3.61. The van der Waals surface area contributed by atoms with Crippen molar-refractivity contribution in [2.24, 2.45) is 5.73 Å². The van der Waals surface area contributed by atoms with Crippen LogP contribution < -0.4 is 20.9 Å². The van der Waals surface area contributed by atoms with Gasteiger partial charge in [-0.15, -0.1) is 0 Å². The first kappa shape index (κ1) is 22.2.